The van der Waals surface area contributed by atoms with Crippen molar-refractivity contribution in [2.45, 2.75) is 102 Å². The minimum absolute atomic E-state index is 0.237. The molecule has 0 spiro atoms. The van der Waals surface area contributed by atoms with Gasteiger partial charge >= 0.3 is 0 Å². The molecule has 0 bridgehead atoms. The summed E-state index contributed by atoms with van der Waals surface area (Å²) in [6, 6.07) is 63.9. The smallest absolute Gasteiger partial charge is 0.227 e. The maximum Gasteiger partial charge on any atom is 0.227 e. The van der Waals surface area contributed by atoms with E-state index in [-0.39, 0.29) is 22.3 Å². The fourth-order valence-electron chi connectivity index (χ4n) is 16.2. The second-order valence-electron chi connectivity index (χ2n) is 29.9. The Morgan fingerprint density at radius 3 is 1.21 bits per heavy atom. The lowest BCUT2D eigenvalue weighted by atomic mass is 9.95. The molecule has 12 heterocycles. The monoisotopic (exact) mass is 1530 g/mol. The zero-order chi connectivity index (χ0) is 93.9. The Bertz CT molecular complexity index is 7940. The van der Waals surface area contributed by atoms with Gasteiger partial charge in [0, 0.05) is 147 Å². The first kappa shape index (κ1) is 58.7. The molecule has 12 aromatic heterocycles. The number of aryl methyl sites for hydroxylation is 17. The predicted molar refractivity (Wildman–Crippen MR) is 468 cm³/mol. The first-order valence-corrected chi connectivity index (χ1v) is 38.1. The predicted octanol–water partition coefficient (Wildman–Crippen LogP) is 24.0. The van der Waals surface area contributed by atoms with Gasteiger partial charge in [-0.2, -0.15) is 0 Å². The summed E-state index contributed by atoms with van der Waals surface area (Å²) < 4.78 is 167. The number of rotatable bonds is 6. The molecular weight excluding hydrogens is 1420 g/mol. The molecule has 0 N–H and O–H groups in total. The van der Waals surface area contributed by atoms with Crippen LogP contribution in [0.4, 0.5) is 0 Å². The van der Waals surface area contributed by atoms with E-state index in [4.69, 9.17) is 44.0 Å². The van der Waals surface area contributed by atoms with Crippen molar-refractivity contribution in [3.05, 3.63) is 316 Å². The van der Waals surface area contributed by atoms with Crippen LogP contribution in [0.15, 0.2) is 266 Å². The highest BCUT2D eigenvalue weighted by atomic mass is 16.4. The first-order chi connectivity index (χ1) is 61.8. The number of aromatic nitrogens is 7. The van der Waals surface area contributed by atoms with Crippen molar-refractivity contribution in [2.24, 2.45) is 35.2 Å². The van der Waals surface area contributed by atoms with Crippen LogP contribution < -0.4 is 22.8 Å². The van der Waals surface area contributed by atoms with Crippen LogP contribution in [0.1, 0.15) is 114 Å². The summed E-state index contributed by atoms with van der Waals surface area (Å²) in [6.45, 7) is 5.92. The second-order valence-corrected chi connectivity index (χ2v) is 29.9. The average molecular weight is 1530 g/mol. The molecule has 0 aliphatic rings. The molecule has 115 heavy (non-hydrogen) atoms. The zero-order valence-corrected chi connectivity index (χ0v) is 66.8. The molecule has 12 nitrogen and oxygen atoms in total. The Morgan fingerprint density at radius 2 is 0.722 bits per heavy atom. The molecule has 12 heteroatoms. The Morgan fingerprint density at radius 1 is 0.304 bits per heavy atom. The Balaban J connectivity index is 0.000000120. The lowest BCUT2D eigenvalue weighted by molar-refractivity contribution is -0.660. The molecule has 20 rings (SSSR count). The van der Waals surface area contributed by atoms with E-state index in [1.807, 2.05) is 136 Å². The molecule has 20 aromatic rings. The lowest BCUT2D eigenvalue weighted by Crippen LogP contribution is -2.31. The van der Waals surface area contributed by atoms with E-state index < -0.39 is 40.2 Å². The van der Waals surface area contributed by atoms with Crippen LogP contribution in [0, 0.1) is 82.8 Å². The highest BCUT2D eigenvalue weighted by Crippen LogP contribution is 2.44. The van der Waals surface area contributed by atoms with Crippen LogP contribution in [0.2, 0.25) is 0 Å². The van der Waals surface area contributed by atoms with E-state index >= 15 is 0 Å². The van der Waals surface area contributed by atoms with Gasteiger partial charge in [0.2, 0.25) is 39.9 Å². The molecule has 0 saturated carbocycles. The molecule has 8 aromatic carbocycles. The third-order valence-corrected chi connectivity index (χ3v) is 21.8. The van der Waals surface area contributed by atoms with Gasteiger partial charge in [-0.1, -0.05) is 111 Å². The van der Waals surface area contributed by atoms with Crippen LogP contribution in [0.3, 0.4) is 0 Å². The summed E-state index contributed by atoms with van der Waals surface area (Å²) >= 11 is 0. The van der Waals surface area contributed by atoms with Crippen LogP contribution in [0.25, 0.3) is 166 Å². The molecule has 1 unspecified atom stereocenters. The van der Waals surface area contributed by atoms with Gasteiger partial charge in [0.15, 0.2) is 42.2 Å². The van der Waals surface area contributed by atoms with Crippen molar-refractivity contribution in [1.29, 1.82) is 0 Å². The molecule has 0 fully saturated rings. The van der Waals surface area contributed by atoms with Crippen LogP contribution in [-0.4, -0.2) is 9.97 Å². The number of fused-ring (bicyclic) bond motifs is 15. The molecule has 1 atom stereocenters. The largest absolute Gasteiger partial charge is 0.455 e. The molecule has 0 radical (unpaired) electrons. The molecule has 0 aliphatic carbocycles. The van der Waals surface area contributed by atoms with Gasteiger partial charge < -0.3 is 22.1 Å². The van der Waals surface area contributed by atoms with E-state index in [1.165, 1.54) is 23.6 Å². The molecule has 0 saturated heterocycles. The Kier molecular flexibility index (Phi) is 15.7. The van der Waals surface area contributed by atoms with Gasteiger partial charge in [-0.05, 0) is 205 Å². The third-order valence-electron chi connectivity index (χ3n) is 21.8. The summed E-state index contributed by atoms with van der Waals surface area (Å²) in [5, 5.41) is 9.12. The van der Waals surface area contributed by atoms with Crippen molar-refractivity contribution in [3.8, 4) is 56.3 Å². The van der Waals surface area contributed by atoms with Gasteiger partial charge in [0.1, 0.15) is 68.7 Å². The molecule has 0 amide bonds. The first-order valence-electron chi connectivity index (χ1n) is 46.1. The van der Waals surface area contributed by atoms with E-state index in [9.17, 15) is 0 Å². The summed E-state index contributed by atoms with van der Waals surface area (Å²) in [6.07, 6.45) is 12.7. The van der Waals surface area contributed by atoms with Crippen LogP contribution >= 0.6 is 0 Å². The normalized spacial score (nSPS) is 14.6. The maximum absolute atomic E-state index is 8.49. The number of benzene rings is 8. The number of pyridine rings is 7. The number of nitrogens with zero attached hydrogens (tertiary/aromatic N) is 7. The number of furan rings is 5. The van der Waals surface area contributed by atoms with E-state index in [0.29, 0.717) is 55.7 Å². The van der Waals surface area contributed by atoms with Gasteiger partial charge in [0.05, 0.1) is 27.8 Å². The SMILES string of the molecule is Cc1ccc(-c2c(C)ccc3c2oc2ncccc23)[n+](C)c1.Cc1ccc2c(oc3ncccc32)c1-c1cccc[n+]1C.[2H]C([2H])([2H])C([2H])(C)c1cc[n+](C)c(-c2c(C)cc(C)c3c2oc2ccccc23)c1.[2H]C([2H])([2H])c1c[n+](C)c(-c2c(C)cc(C([2H])([2H])[2H])c3c2oc2ccccc23)cc1C.[2H]C([2H])([2H])c1ccc(-c2c(C)cc(C([2H])([2H])[2H])c3c2oc2ccccc23)[n+](C)c1. The third kappa shape index (κ3) is 13.9. The van der Waals surface area contributed by atoms with Crippen LogP contribution in [0.5, 0.6) is 0 Å². The van der Waals surface area contributed by atoms with Gasteiger partial charge in [-0.25, -0.2) is 32.8 Å². The summed E-state index contributed by atoms with van der Waals surface area (Å²) in [5.74, 6) is -1.71. The number of para-hydroxylation sites is 3. The molecular formula is C103H98N7O5+5. The van der Waals surface area contributed by atoms with Crippen molar-refractivity contribution >= 4 is 110 Å². The van der Waals surface area contributed by atoms with Crippen molar-refractivity contribution in [1.82, 2.24) is 9.97 Å². The number of hydrogen-bond acceptors (Lipinski definition) is 7. The highest BCUT2D eigenvalue weighted by molar-refractivity contribution is 6.15. The summed E-state index contributed by atoms with van der Waals surface area (Å²) in [4.78, 5) is 8.68. The fourth-order valence-corrected chi connectivity index (χ4v) is 16.2. The van der Waals surface area contributed by atoms with E-state index in [0.717, 1.165) is 144 Å². The van der Waals surface area contributed by atoms with Crippen LogP contribution in [-0.2, 0) is 35.2 Å². The lowest BCUT2D eigenvalue weighted by Gasteiger charge is -2.10. The minimum Gasteiger partial charge on any atom is -0.455 e. The zero-order valence-electron chi connectivity index (χ0n) is 82.8. The fraction of sp³-hybridized carbons (Fsp3) is 0.194. The van der Waals surface area contributed by atoms with Gasteiger partial charge in [-0.15, -0.1) is 0 Å². The van der Waals surface area contributed by atoms with E-state index in [1.54, 1.807) is 85.3 Å². The Hall–Kier alpha value is -13.2. The minimum atomic E-state index is -2.43. The highest BCUT2D eigenvalue weighted by Gasteiger charge is 2.28. The maximum atomic E-state index is 8.49. The van der Waals surface area contributed by atoms with Gasteiger partial charge in [0.25, 0.3) is 0 Å². The standard InChI is InChI=1S/C23H24NO.C22H22NO.C21H20NO.C19H17N2O.C18H15N2O/c1-14(2)17-10-11-24(5)19(13-17)22-16(4)12-15(3)21-18-8-6-7-9-20(18)25-23(21)22;1-13-11-18(23(5)12-16(13)4)21-15(3)10-14(2)20-17-8-6-7-9-19(17)24-22(20)21;1-13-9-10-17(22(4)12-13)20-15(3)11-14(2)19-16-7-5-6-8-18(16)23-21(19)20;1-12-6-9-16(21(3)11-12)17-13(2)7-8-14-15-5-4-10-20-19(15)22-18(14)17;1-12-8-9-13-14-6-5-10-19-18(14)21-17(13)16(12)15-7-3-4-11-20(15)2/h6-14H,1-5H3;6-12H,1-5H3;5-12H,1-4H3;4-11H,1-3H3;3-11H,1-2H3/q5*+1/i1D3,14D;2D3,4D3;1D3,2D3;;. The second kappa shape index (κ2) is 30.7. The number of hydrogen-bond donors (Lipinski definition) is 0. The van der Waals surface area contributed by atoms with Gasteiger partial charge in [-0.3, -0.25) is 0 Å². The van der Waals surface area contributed by atoms with Crippen molar-refractivity contribution in [2.75, 3.05) is 0 Å². The summed E-state index contributed by atoms with van der Waals surface area (Å²) in [5.41, 5.74) is 25.8. The molecule has 570 valence electrons. The molecule has 0 aliphatic heterocycles. The van der Waals surface area contributed by atoms with E-state index in [2.05, 4.69) is 146 Å². The van der Waals surface area contributed by atoms with Crippen molar-refractivity contribution in [3.63, 3.8) is 0 Å². The van der Waals surface area contributed by atoms with Crippen molar-refractivity contribution < 1.29 is 66.9 Å². The topological polar surface area (TPSA) is 111 Å². The Labute approximate surface area is 693 Å². The average Bonchev–Trinajstić information content (AvgIpc) is 1.56. The quantitative estimate of drug-likeness (QED) is 0.152. The summed E-state index contributed by atoms with van der Waals surface area (Å²) in [7, 11) is 9.60.